The minimum Gasteiger partial charge on any atom is -0.508 e. The predicted molar refractivity (Wildman–Crippen MR) is 293 cm³/mol. The molecule has 5 amide bonds. The number of aliphatic carboxylic acids is 5. The Bertz CT molecular complexity index is 2410. The van der Waals surface area contributed by atoms with Crippen molar-refractivity contribution in [3.63, 3.8) is 0 Å². The highest BCUT2D eigenvalue weighted by molar-refractivity contribution is 7.98. The van der Waals surface area contributed by atoms with Gasteiger partial charge in [-0.25, -0.2) is 14.4 Å². The monoisotopic (exact) mass is 1150 g/mol. The molecule has 26 heteroatoms. The molecule has 0 radical (unpaired) electrons. The zero-order chi connectivity index (χ0) is 59.6. The molecule has 0 spiro atoms. The highest BCUT2D eigenvalue weighted by Crippen LogP contribution is 2.24. The number of carbonyl (C=O) groups excluding carboxylic acids is 6. The number of hydrogen-bond donors (Lipinski definition) is 12. The fourth-order valence-corrected chi connectivity index (χ4v) is 8.91. The maximum absolute atomic E-state index is 12.8. The number of hydrogen-bond acceptors (Lipinski definition) is 16. The number of ketones is 2. The smallest absolute Gasteiger partial charge is 0.326 e. The summed E-state index contributed by atoms with van der Waals surface area (Å²) in [5.41, 5.74) is 2.28. The third-order valence-electron chi connectivity index (χ3n) is 12.6. The molecule has 0 bridgehead atoms. The van der Waals surface area contributed by atoms with Gasteiger partial charge in [0.1, 0.15) is 41.2 Å². The fourth-order valence-electron chi connectivity index (χ4n) is 8.34. The van der Waals surface area contributed by atoms with Crippen molar-refractivity contribution in [1.29, 1.82) is 0 Å². The van der Waals surface area contributed by atoms with E-state index in [-0.39, 0.29) is 119 Å². The van der Waals surface area contributed by atoms with Crippen LogP contribution in [0.1, 0.15) is 125 Å². The van der Waals surface area contributed by atoms with Crippen molar-refractivity contribution in [2.75, 3.05) is 51.3 Å². The van der Waals surface area contributed by atoms with Crippen LogP contribution in [0.3, 0.4) is 0 Å². The Morgan fingerprint density at radius 1 is 0.525 bits per heavy atom. The van der Waals surface area contributed by atoms with Crippen LogP contribution in [0.4, 0.5) is 4.79 Å². The summed E-state index contributed by atoms with van der Waals surface area (Å²) in [6.07, 6.45) is 6.52. The van der Waals surface area contributed by atoms with Crippen molar-refractivity contribution in [3.05, 3.63) is 58.7 Å². The van der Waals surface area contributed by atoms with E-state index >= 15 is 0 Å². The highest BCUT2D eigenvalue weighted by Gasteiger charge is 2.25. The molecule has 0 heterocycles. The third kappa shape index (κ3) is 30.7. The number of Topliss-reactive ketones (excluding diaryl/α,β-unsaturated/α-hetero) is 2. The van der Waals surface area contributed by atoms with Crippen LogP contribution in [0.5, 0.6) is 11.5 Å². The first-order valence-electron chi connectivity index (χ1n) is 26.5. The predicted octanol–water partition coefficient (Wildman–Crippen LogP) is 3.04. The van der Waals surface area contributed by atoms with Gasteiger partial charge in [-0.05, 0) is 87.3 Å². The summed E-state index contributed by atoms with van der Waals surface area (Å²) in [6, 6.07) is 5.05. The Kier molecular flexibility index (Phi) is 32.9. The number of carboxylic acid groups (broad SMARTS) is 5. The van der Waals surface area contributed by atoms with Gasteiger partial charge >= 0.3 is 35.9 Å². The lowest BCUT2D eigenvalue weighted by molar-refractivity contribution is -0.141. The third-order valence-corrected chi connectivity index (χ3v) is 13.2. The van der Waals surface area contributed by atoms with Crippen LogP contribution in [0, 0.1) is 0 Å². The lowest BCUT2D eigenvalue weighted by Crippen LogP contribution is -2.51. The van der Waals surface area contributed by atoms with E-state index in [0.29, 0.717) is 81.1 Å². The average molecular weight is 1150 g/mol. The normalized spacial score (nSPS) is 12.2. The summed E-state index contributed by atoms with van der Waals surface area (Å²) < 4.78 is 0. The number of nitrogens with one attached hydrogen (secondary N) is 5. The molecule has 3 atom stereocenters. The number of unbranched alkanes of at least 4 members (excludes halogenated alkanes) is 4. The minimum absolute atomic E-state index is 0.00612. The SMILES string of the molecule is CSCC(NC(C)=O)C(=O)NCCCC(=O)CCc1ccc(O)c(CN(CCN(CC(=O)O)Cc2cc(CCC(=O)CCCCCCC(=O)NCCCCC(NC(=O)NC(CCC(=O)O)C(=O)O)C(=O)O)ccc2O)CC(=O)O)c1. The standard InChI is InChI=1S/C54H79N7O18S/c1-35(62)57-44(34-80-2)51(74)56-25-9-11-41(64)19-15-37-17-22-46(66)39(29-37)31-61(33-50(72)73)27-26-60(32-49(70)71)30-38-28-36(16-21-45(38)65)14-18-40(63)10-5-3-4-6-13-47(67)55-24-8-7-12-42(52(75)76)58-54(79)59-43(53(77)78)20-23-48(68)69/h16-17,21-22,28-29,42-44,65-66H,3-15,18-20,23-27,30-34H2,1-2H3,(H,55,67)(H,56,74)(H,57,62)(H,68,69)(H,70,71)(H,72,73)(H,75,76)(H,77,78)(H2,58,59,79). The van der Waals surface area contributed by atoms with Gasteiger partial charge in [0.2, 0.25) is 17.7 Å². The Morgan fingerprint density at radius 3 is 1.49 bits per heavy atom. The summed E-state index contributed by atoms with van der Waals surface area (Å²) >= 11 is 1.42. The van der Waals surface area contributed by atoms with Gasteiger partial charge in [0, 0.05) is 102 Å². The van der Waals surface area contributed by atoms with E-state index in [1.165, 1.54) is 40.6 Å². The van der Waals surface area contributed by atoms with E-state index in [1.54, 1.807) is 24.3 Å². The number of benzene rings is 2. The number of nitrogens with zero attached hydrogens (tertiary/aromatic N) is 2. The number of amides is 5. The van der Waals surface area contributed by atoms with Gasteiger partial charge in [-0.3, -0.25) is 48.2 Å². The van der Waals surface area contributed by atoms with Gasteiger partial charge in [-0.1, -0.05) is 37.1 Å². The molecular weight excluding hydrogens is 1070 g/mol. The molecule has 12 N–H and O–H groups in total. The molecule has 25 nitrogen and oxygen atoms in total. The molecule has 2 aromatic rings. The highest BCUT2D eigenvalue weighted by atomic mass is 32.2. The van der Waals surface area contributed by atoms with E-state index in [0.717, 1.165) is 11.1 Å². The second-order valence-corrected chi connectivity index (χ2v) is 20.3. The van der Waals surface area contributed by atoms with Crippen LogP contribution in [-0.2, 0) is 73.9 Å². The van der Waals surface area contributed by atoms with Gasteiger partial charge in [0.15, 0.2) is 0 Å². The molecule has 2 aromatic carbocycles. The van der Waals surface area contributed by atoms with Crippen molar-refractivity contribution in [2.45, 2.75) is 147 Å². The number of rotatable bonds is 44. The molecule has 2 rings (SSSR count). The van der Waals surface area contributed by atoms with E-state index in [1.807, 2.05) is 6.26 Å². The summed E-state index contributed by atoms with van der Waals surface area (Å²) in [5.74, 6) is -7.03. The van der Waals surface area contributed by atoms with Crippen molar-refractivity contribution >= 4 is 76.9 Å². The lowest BCUT2D eigenvalue weighted by atomic mass is 10.0. The molecule has 0 saturated heterocycles. The molecule has 444 valence electrons. The van der Waals surface area contributed by atoms with Crippen LogP contribution >= 0.6 is 11.8 Å². The number of phenols is 2. The average Bonchev–Trinajstić information content (AvgIpc) is 3.38. The van der Waals surface area contributed by atoms with Crippen molar-refractivity contribution in [2.24, 2.45) is 0 Å². The Hall–Kier alpha value is -7.32. The summed E-state index contributed by atoms with van der Waals surface area (Å²) in [4.78, 5) is 135. The summed E-state index contributed by atoms with van der Waals surface area (Å²) in [6.45, 7) is 1.07. The Labute approximate surface area is 469 Å². The van der Waals surface area contributed by atoms with Crippen molar-refractivity contribution in [3.8, 4) is 11.5 Å². The van der Waals surface area contributed by atoms with Gasteiger partial charge in [-0.15, -0.1) is 0 Å². The number of phenolic OH excluding ortho intramolecular Hbond substituents is 2. The molecule has 0 aliphatic carbocycles. The second kappa shape index (κ2) is 38.3. The van der Waals surface area contributed by atoms with E-state index in [2.05, 4.69) is 26.6 Å². The zero-order valence-corrected chi connectivity index (χ0v) is 46.3. The first-order chi connectivity index (χ1) is 37.9. The maximum atomic E-state index is 12.8. The summed E-state index contributed by atoms with van der Waals surface area (Å²) in [5, 5.41) is 80.8. The molecule has 0 aromatic heterocycles. The number of thioether (sulfide) groups is 1. The minimum atomic E-state index is -1.52. The molecule has 0 aliphatic heterocycles. The topological polar surface area (TPSA) is 396 Å². The maximum Gasteiger partial charge on any atom is 0.326 e. The number of aryl methyl sites for hydroxylation is 2. The Morgan fingerprint density at radius 2 is 1.01 bits per heavy atom. The fraction of sp³-hybridized carbons (Fsp3) is 0.574. The quantitative estimate of drug-likeness (QED) is 0.0424. The first kappa shape index (κ1) is 68.8. The second-order valence-electron chi connectivity index (χ2n) is 19.4. The van der Waals surface area contributed by atoms with Crippen LogP contribution in [0.25, 0.3) is 0 Å². The largest absolute Gasteiger partial charge is 0.508 e. The number of carboxylic acids is 5. The summed E-state index contributed by atoms with van der Waals surface area (Å²) in [7, 11) is 0. The van der Waals surface area contributed by atoms with Crippen LogP contribution in [-0.4, -0.2) is 180 Å². The zero-order valence-electron chi connectivity index (χ0n) is 45.5. The Balaban J connectivity index is 1.80. The number of aromatic hydroxyl groups is 2. The van der Waals surface area contributed by atoms with Gasteiger partial charge in [0.05, 0.1) is 13.1 Å². The number of carbonyl (C=O) groups is 11. The van der Waals surface area contributed by atoms with Crippen molar-refractivity contribution in [1.82, 2.24) is 36.4 Å². The van der Waals surface area contributed by atoms with Gasteiger partial charge in [-0.2, -0.15) is 11.8 Å². The van der Waals surface area contributed by atoms with E-state index in [9.17, 15) is 83.4 Å². The lowest BCUT2D eigenvalue weighted by Gasteiger charge is -2.26. The van der Waals surface area contributed by atoms with E-state index < -0.39 is 73.5 Å². The molecule has 0 fully saturated rings. The molecule has 3 unspecified atom stereocenters. The van der Waals surface area contributed by atoms with Crippen molar-refractivity contribution < 1.29 is 88.5 Å². The first-order valence-corrected chi connectivity index (χ1v) is 27.9. The molecule has 80 heavy (non-hydrogen) atoms. The molecule has 0 saturated carbocycles. The molecule has 0 aliphatic rings. The van der Waals surface area contributed by atoms with Crippen LogP contribution in [0.15, 0.2) is 36.4 Å². The molecular formula is C54H79N7O18S. The van der Waals surface area contributed by atoms with Gasteiger partial charge in [0.25, 0.3) is 0 Å². The van der Waals surface area contributed by atoms with E-state index in [4.69, 9.17) is 5.11 Å². The number of urea groups is 1. The van der Waals surface area contributed by atoms with Gasteiger partial charge < -0.3 is 62.3 Å². The van der Waals surface area contributed by atoms with Crippen LogP contribution < -0.4 is 26.6 Å². The van der Waals surface area contributed by atoms with Crippen LogP contribution in [0.2, 0.25) is 0 Å².